The van der Waals surface area contributed by atoms with E-state index in [-0.39, 0.29) is 0 Å². The summed E-state index contributed by atoms with van der Waals surface area (Å²) in [6.45, 7) is 0. The average Bonchev–Trinajstić information content (AvgIpc) is 3.29. The first-order valence-electron chi connectivity index (χ1n) is 9.57. The predicted molar refractivity (Wildman–Crippen MR) is 121 cm³/mol. The molecule has 6 aromatic rings. The van der Waals surface area contributed by atoms with E-state index in [1.165, 1.54) is 10.9 Å². The smallest absolute Gasteiger partial charge is 0.213 e. The van der Waals surface area contributed by atoms with Gasteiger partial charge in [-0.15, -0.1) is 0 Å². The van der Waals surface area contributed by atoms with Crippen LogP contribution in [0.1, 0.15) is 0 Å². The molecule has 0 bridgehead atoms. The van der Waals surface area contributed by atoms with Gasteiger partial charge in [0.1, 0.15) is 5.58 Å². The number of halogens is 1. The Labute approximate surface area is 172 Å². The molecule has 138 valence electrons. The number of nitrogens with zero attached hydrogens (tertiary/aromatic N) is 1. The molecule has 0 amide bonds. The number of rotatable bonds is 2. The quantitative estimate of drug-likeness (QED) is 0.293. The third-order valence-corrected chi connectivity index (χ3v) is 5.73. The summed E-state index contributed by atoms with van der Waals surface area (Å²) in [6.07, 6.45) is 0. The molecule has 0 unspecified atom stereocenters. The minimum Gasteiger partial charge on any atom is -0.439 e. The first-order valence-corrected chi connectivity index (χ1v) is 9.95. The molecule has 2 nitrogen and oxygen atoms in total. The van der Waals surface area contributed by atoms with E-state index in [4.69, 9.17) is 16.0 Å². The zero-order valence-corrected chi connectivity index (χ0v) is 16.2. The van der Waals surface area contributed by atoms with Gasteiger partial charge in [0.2, 0.25) is 5.71 Å². The summed E-state index contributed by atoms with van der Waals surface area (Å²) in [7, 11) is 0. The molecule has 6 rings (SSSR count). The van der Waals surface area contributed by atoms with E-state index in [1.54, 1.807) is 0 Å². The number of para-hydroxylation sites is 2. The molecule has 0 aliphatic rings. The highest BCUT2D eigenvalue weighted by Crippen LogP contribution is 2.43. The van der Waals surface area contributed by atoms with Crippen molar-refractivity contribution in [1.82, 2.24) is 4.57 Å². The zero-order valence-electron chi connectivity index (χ0n) is 15.5. The second-order valence-electron chi connectivity index (χ2n) is 7.16. The van der Waals surface area contributed by atoms with Gasteiger partial charge >= 0.3 is 0 Å². The van der Waals surface area contributed by atoms with Crippen molar-refractivity contribution in [3.8, 4) is 16.8 Å². The number of benzene rings is 4. The summed E-state index contributed by atoms with van der Waals surface area (Å²) in [5, 5.41) is 4.20. The number of fused-ring (bicyclic) bond motifs is 5. The van der Waals surface area contributed by atoms with Crippen LogP contribution in [0.15, 0.2) is 101 Å². The SMILES string of the molecule is Clc1ccc(-c2cccc3c2c2c4ccccc4oc2n3-c2ccccc2)cc1. The van der Waals surface area contributed by atoms with Crippen LogP contribution >= 0.6 is 11.6 Å². The lowest BCUT2D eigenvalue weighted by molar-refractivity contribution is 0.645. The van der Waals surface area contributed by atoms with Gasteiger partial charge in [-0.2, -0.15) is 0 Å². The summed E-state index contributed by atoms with van der Waals surface area (Å²) in [5.41, 5.74) is 6.29. The van der Waals surface area contributed by atoms with Crippen LogP contribution in [0.3, 0.4) is 0 Å². The topological polar surface area (TPSA) is 18.1 Å². The number of furan rings is 1. The molecular formula is C26H16ClNO. The van der Waals surface area contributed by atoms with Gasteiger partial charge < -0.3 is 4.42 Å². The third-order valence-electron chi connectivity index (χ3n) is 5.48. The molecule has 0 aliphatic heterocycles. The second-order valence-corrected chi connectivity index (χ2v) is 7.59. The molecule has 0 spiro atoms. The van der Waals surface area contributed by atoms with Gasteiger partial charge in [-0.05, 0) is 47.5 Å². The van der Waals surface area contributed by atoms with E-state index in [9.17, 15) is 0 Å². The molecule has 0 aliphatic carbocycles. The zero-order chi connectivity index (χ0) is 19.4. The average molecular weight is 394 g/mol. The van der Waals surface area contributed by atoms with E-state index >= 15 is 0 Å². The maximum atomic E-state index is 6.37. The van der Waals surface area contributed by atoms with Crippen LogP contribution in [0.5, 0.6) is 0 Å². The number of aromatic nitrogens is 1. The summed E-state index contributed by atoms with van der Waals surface area (Å²) in [6, 6.07) is 33.1. The van der Waals surface area contributed by atoms with Gasteiger partial charge in [0.05, 0.1) is 10.9 Å². The Bertz CT molecular complexity index is 1490. The van der Waals surface area contributed by atoms with Crippen molar-refractivity contribution >= 4 is 44.6 Å². The van der Waals surface area contributed by atoms with Crippen molar-refractivity contribution in [3.05, 3.63) is 102 Å². The molecule has 0 saturated heterocycles. The first-order chi connectivity index (χ1) is 14.3. The molecule has 3 heteroatoms. The standard InChI is InChI=1S/C26H16ClNO/c27-18-15-13-17(14-16-18)20-10-6-11-22-24(20)25-21-9-4-5-12-23(21)29-26(25)28(22)19-7-2-1-3-8-19/h1-16H. The van der Waals surface area contributed by atoms with Crippen LogP contribution in [-0.2, 0) is 0 Å². The van der Waals surface area contributed by atoms with E-state index in [0.29, 0.717) is 0 Å². The summed E-state index contributed by atoms with van der Waals surface area (Å²) >= 11 is 6.14. The van der Waals surface area contributed by atoms with Gasteiger partial charge in [0.25, 0.3) is 0 Å². The first kappa shape index (κ1) is 16.5. The minimum atomic E-state index is 0.738. The highest BCUT2D eigenvalue weighted by molar-refractivity contribution is 6.30. The number of hydrogen-bond acceptors (Lipinski definition) is 1. The maximum absolute atomic E-state index is 6.37. The predicted octanol–water partition coefficient (Wildman–Crippen LogP) is 7.85. The van der Waals surface area contributed by atoms with Crippen LogP contribution in [0.4, 0.5) is 0 Å². The Morgan fingerprint density at radius 3 is 2.24 bits per heavy atom. The second kappa shape index (κ2) is 6.26. The summed E-state index contributed by atoms with van der Waals surface area (Å²) < 4.78 is 8.59. The Morgan fingerprint density at radius 1 is 0.655 bits per heavy atom. The molecule has 0 atom stereocenters. The molecule has 2 aromatic heterocycles. The Kier molecular flexibility index (Phi) is 3.56. The van der Waals surface area contributed by atoms with E-state index in [0.717, 1.165) is 43.9 Å². The molecular weight excluding hydrogens is 378 g/mol. The van der Waals surface area contributed by atoms with Gasteiger partial charge in [0, 0.05) is 21.5 Å². The molecule has 4 aromatic carbocycles. The minimum absolute atomic E-state index is 0.738. The van der Waals surface area contributed by atoms with Crippen molar-refractivity contribution in [3.63, 3.8) is 0 Å². The van der Waals surface area contributed by atoms with Crippen molar-refractivity contribution in [2.24, 2.45) is 0 Å². The highest BCUT2D eigenvalue weighted by atomic mass is 35.5. The Hall–Kier alpha value is -3.49. The van der Waals surface area contributed by atoms with E-state index < -0.39 is 0 Å². The Morgan fingerprint density at radius 2 is 1.41 bits per heavy atom. The van der Waals surface area contributed by atoms with Crippen molar-refractivity contribution in [1.29, 1.82) is 0 Å². The molecule has 29 heavy (non-hydrogen) atoms. The summed E-state index contributed by atoms with van der Waals surface area (Å²) in [5.74, 6) is 0. The fourth-order valence-electron chi connectivity index (χ4n) is 4.23. The van der Waals surface area contributed by atoms with Gasteiger partial charge in [-0.3, -0.25) is 4.57 Å². The number of hydrogen-bond donors (Lipinski definition) is 0. The van der Waals surface area contributed by atoms with Crippen LogP contribution in [0, 0.1) is 0 Å². The van der Waals surface area contributed by atoms with E-state index in [1.807, 2.05) is 30.3 Å². The summed E-state index contributed by atoms with van der Waals surface area (Å²) in [4.78, 5) is 0. The molecule has 0 radical (unpaired) electrons. The lowest BCUT2D eigenvalue weighted by Crippen LogP contribution is -1.92. The maximum Gasteiger partial charge on any atom is 0.213 e. The van der Waals surface area contributed by atoms with E-state index in [2.05, 4.69) is 71.3 Å². The van der Waals surface area contributed by atoms with Crippen molar-refractivity contribution < 1.29 is 4.42 Å². The monoisotopic (exact) mass is 393 g/mol. The van der Waals surface area contributed by atoms with Crippen molar-refractivity contribution in [2.45, 2.75) is 0 Å². The van der Waals surface area contributed by atoms with Gasteiger partial charge in [-0.1, -0.05) is 72.3 Å². The van der Waals surface area contributed by atoms with Crippen LogP contribution in [0.2, 0.25) is 5.02 Å². The molecule has 2 heterocycles. The Balaban J connectivity index is 1.83. The molecule has 0 saturated carbocycles. The normalized spacial score (nSPS) is 11.6. The van der Waals surface area contributed by atoms with Gasteiger partial charge in [-0.25, -0.2) is 0 Å². The van der Waals surface area contributed by atoms with Crippen molar-refractivity contribution in [2.75, 3.05) is 0 Å². The molecule has 0 N–H and O–H groups in total. The molecule has 0 fully saturated rings. The fraction of sp³-hybridized carbons (Fsp3) is 0. The highest BCUT2D eigenvalue weighted by Gasteiger charge is 2.21. The largest absolute Gasteiger partial charge is 0.439 e. The van der Waals surface area contributed by atoms with Gasteiger partial charge in [0.15, 0.2) is 0 Å². The van der Waals surface area contributed by atoms with Crippen LogP contribution < -0.4 is 0 Å². The third kappa shape index (κ3) is 2.43. The lowest BCUT2D eigenvalue weighted by Gasteiger charge is -2.08. The lowest BCUT2D eigenvalue weighted by atomic mass is 9.99. The fourth-order valence-corrected chi connectivity index (χ4v) is 4.36. The van der Waals surface area contributed by atoms with Crippen LogP contribution in [0.25, 0.3) is 49.8 Å². The van der Waals surface area contributed by atoms with Crippen LogP contribution in [-0.4, -0.2) is 4.57 Å².